The first kappa shape index (κ1) is 19.3. The van der Waals surface area contributed by atoms with Crippen molar-refractivity contribution in [3.63, 3.8) is 0 Å². The zero-order valence-electron chi connectivity index (χ0n) is 15.3. The minimum absolute atomic E-state index is 0.0699. The Morgan fingerprint density at radius 1 is 1.03 bits per heavy atom. The molecular weight excluding hydrogens is 412 g/mol. The summed E-state index contributed by atoms with van der Waals surface area (Å²) in [5, 5.41) is 12.8. The summed E-state index contributed by atoms with van der Waals surface area (Å²) in [5.41, 5.74) is 0.642. The molecule has 9 nitrogen and oxygen atoms in total. The van der Waals surface area contributed by atoms with Crippen LogP contribution in [0.3, 0.4) is 0 Å². The average Bonchev–Trinajstić information content (AvgIpc) is 3.42. The fourth-order valence-corrected chi connectivity index (χ4v) is 4.71. The molecule has 0 bridgehead atoms. The van der Waals surface area contributed by atoms with E-state index >= 15 is 0 Å². The molecule has 1 aromatic carbocycles. The maximum absolute atomic E-state index is 12.4. The summed E-state index contributed by atoms with van der Waals surface area (Å²) in [6.45, 7) is 1.90. The van der Waals surface area contributed by atoms with Gasteiger partial charge in [-0.05, 0) is 49.2 Å². The smallest absolute Gasteiger partial charge is 0.276 e. The lowest BCUT2D eigenvalue weighted by Crippen LogP contribution is -2.21. The normalized spacial score (nSPS) is 14.0. The van der Waals surface area contributed by atoms with E-state index < -0.39 is 15.9 Å². The van der Waals surface area contributed by atoms with Gasteiger partial charge >= 0.3 is 0 Å². The maximum Gasteiger partial charge on any atom is 0.276 e. The fraction of sp³-hybridized carbons (Fsp3) is 0.222. The molecule has 4 rings (SSSR count). The molecule has 3 heterocycles. The van der Waals surface area contributed by atoms with Crippen LogP contribution in [0.4, 0.5) is 16.6 Å². The van der Waals surface area contributed by atoms with Gasteiger partial charge in [0.2, 0.25) is 0 Å². The monoisotopic (exact) mass is 430 g/mol. The Kier molecular flexibility index (Phi) is 5.41. The first-order chi connectivity index (χ1) is 14.0. The van der Waals surface area contributed by atoms with Gasteiger partial charge in [-0.2, -0.15) is 0 Å². The van der Waals surface area contributed by atoms with E-state index in [2.05, 4.69) is 30.1 Å². The molecule has 0 unspecified atom stereocenters. The Hall–Kier alpha value is -3.05. The lowest BCUT2D eigenvalue weighted by atomic mass is 10.3. The summed E-state index contributed by atoms with van der Waals surface area (Å²) in [5.74, 6) is 0.350. The molecule has 0 saturated carbocycles. The number of carbonyl (C=O) groups is 1. The quantitative estimate of drug-likeness (QED) is 0.617. The molecule has 29 heavy (non-hydrogen) atoms. The van der Waals surface area contributed by atoms with Crippen molar-refractivity contribution in [2.45, 2.75) is 17.7 Å². The zero-order chi connectivity index (χ0) is 20.3. The van der Waals surface area contributed by atoms with E-state index in [4.69, 9.17) is 0 Å². The van der Waals surface area contributed by atoms with E-state index in [0.29, 0.717) is 10.8 Å². The Labute approximate surface area is 171 Å². The van der Waals surface area contributed by atoms with Crippen molar-refractivity contribution in [2.24, 2.45) is 0 Å². The van der Waals surface area contributed by atoms with Crippen molar-refractivity contribution in [3.8, 4) is 0 Å². The standard InChI is InChI=1S/C18H18N6O3S2/c25-17(15-7-8-16(22-21-15)24-10-1-2-11-24)20-13-3-5-14(6-4-13)29(26,27)23-18-19-9-12-28-18/h3-9,12H,1-2,10-11H2,(H,19,23)(H,20,25). The molecule has 1 aliphatic heterocycles. The zero-order valence-corrected chi connectivity index (χ0v) is 16.9. The number of rotatable bonds is 6. The number of carbonyl (C=O) groups excluding carboxylic acids is 1. The topological polar surface area (TPSA) is 117 Å². The van der Waals surface area contributed by atoms with E-state index in [-0.39, 0.29) is 10.6 Å². The van der Waals surface area contributed by atoms with Crippen LogP contribution in [0, 0.1) is 0 Å². The Balaban J connectivity index is 1.41. The number of amides is 1. The number of aromatic nitrogens is 3. The Morgan fingerprint density at radius 3 is 2.41 bits per heavy atom. The SMILES string of the molecule is O=C(Nc1ccc(S(=O)(=O)Nc2nccs2)cc1)c1ccc(N2CCCC2)nn1. The molecule has 150 valence electrons. The second-order valence-corrected chi connectivity index (χ2v) is 8.97. The number of hydrogen-bond donors (Lipinski definition) is 2. The van der Waals surface area contributed by atoms with Crippen LogP contribution in [0.2, 0.25) is 0 Å². The maximum atomic E-state index is 12.4. The van der Waals surface area contributed by atoms with Crippen LogP contribution in [0.25, 0.3) is 0 Å². The van der Waals surface area contributed by atoms with Crippen molar-refractivity contribution >= 4 is 43.9 Å². The van der Waals surface area contributed by atoms with E-state index in [1.54, 1.807) is 17.5 Å². The van der Waals surface area contributed by atoms with Gasteiger partial charge in [0.1, 0.15) is 0 Å². The molecular formula is C18H18N6O3S2. The first-order valence-corrected chi connectivity index (χ1v) is 11.3. The summed E-state index contributed by atoms with van der Waals surface area (Å²) in [6.07, 6.45) is 3.78. The van der Waals surface area contributed by atoms with Gasteiger partial charge in [0.25, 0.3) is 15.9 Å². The van der Waals surface area contributed by atoms with Gasteiger partial charge in [-0.25, -0.2) is 13.4 Å². The lowest BCUT2D eigenvalue weighted by molar-refractivity contribution is 0.102. The number of hydrogen-bond acceptors (Lipinski definition) is 8. The third kappa shape index (κ3) is 4.51. The van der Waals surface area contributed by atoms with Crippen molar-refractivity contribution in [1.29, 1.82) is 0 Å². The molecule has 0 spiro atoms. The summed E-state index contributed by atoms with van der Waals surface area (Å²) >= 11 is 1.19. The van der Waals surface area contributed by atoms with E-state index in [1.807, 2.05) is 0 Å². The van der Waals surface area contributed by atoms with Crippen molar-refractivity contribution in [3.05, 3.63) is 53.7 Å². The van der Waals surface area contributed by atoms with Crippen LogP contribution < -0.4 is 14.9 Å². The highest BCUT2D eigenvalue weighted by atomic mass is 32.2. The van der Waals surface area contributed by atoms with Crippen molar-refractivity contribution < 1.29 is 13.2 Å². The van der Waals surface area contributed by atoms with Crippen LogP contribution in [0.1, 0.15) is 23.3 Å². The van der Waals surface area contributed by atoms with Gasteiger partial charge in [0, 0.05) is 30.4 Å². The number of sulfonamides is 1. The number of nitrogens with one attached hydrogen (secondary N) is 2. The first-order valence-electron chi connectivity index (χ1n) is 8.94. The van der Waals surface area contributed by atoms with E-state index in [0.717, 1.165) is 31.7 Å². The minimum atomic E-state index is -3.74. The van der Waals surface area contributed by atoms with Gasteiger partial charge in [0.15, 0.2) is 16.6 Å². The predicted octanol–water partition coefficient (Wildman–Crippen LogP) is 2.59. The summed E-state index contributed by atoms with van der Waals surface area (Å²) in [4.78, 5) is 18.5. The Bertz CT molecular complexity index is 1080. The summed E-state index contributed by atoms with van der Waals surface area (Å²) in [6, 6.07) is 9.27. The van der Waals surface area contributed by atoms with Crippen LogP contribution in [-0.4, -0.2) is 42.6 Å². The highest BCUT2D eigenvalue weighted by Crippen LogP contribution is 2.20. The average molecular weight is 431 g/mol. The lowest BCUT2D eigenvalue weighted by Gasteiger charge is -2.15. The van der Waals surface area contributed by atoms with Gasteiger partial charge in [-0.15, -0.1) is 21.5 Å². The summed E-state index contributed by atoms with van der Waals surface area (Å²) in [7, 11) is -3.74. The third-order valence-corrected chi connectivity index (χ3v) is 6.56. The molecule has 0 radical (unpaired) electrons. The van der Waals surface area contributed by atoms with Gasteiger partial charge in [-0.3, -0.25) is 9.52 Å². The highest BCUT2D eigenvalue weighted by Gasteiger charge is 2.17. The molecule has 3 aromatic rings. The molecule has 0 atom stereocenters. The van der Waals surface area contributed by atoms with Crippen molar-refractivity contribution in [2.75, 3.05) is 28.0 Å². The van der Waals surface area contributed by atoms with E-state index in [1.165, 1.54) is 41.8 Å². The molecule has 11 heteroatoms. The number of nitrogens with zero attached hydrogens (tertiary/aromatic N) is 4. The predicted molar refractivity (Wildman–Crippen MR) is 111 cm³/mol. The molecule has 1 amide bonds. The second-order valence-electron chi connectivity index (χ2n) is 6.39. The van der Waals surface area contributed by atoms with E-state index in [9.17, 15) is 13.2 Å². The number of thiazole rings is 1. The minimum Gasteiger partial charge on any atom is -0.355 e. The second kappa shape index (κ2) is 8.13. The van der Waals surface area contributed by atoms with Crippen LogP contribution in [-0.2, 0) is 10.0 Å². The van der Waals surface area contributed by atoms with Gasteiger partial charge in [-0.1, -0.05) is 0 Å². The van der Waals surface area contributed by atoms with Gasteiger partial charge < -0.3 is 10.2 Å². The molecule has 1 saturated heterocycles. The van der Waals surface area contributed by atoms with Crippen LogP contribution >= 0.6 is 11.3 Å². The number of anilines is 3. The molecule has 2 aromatic heterocycles. The van der Waals surface area contributed by atoms with Crippen LogP contribution in [0.5, 0.6) is 0 Å². The molecule has 0 aliphatic carbocycles. The van der Waals surface area contributed by atoms with Gasteiger partial charge in [0.05, 0.1) is 4.90 Å². The largest absolute Gasteiger partial charge is 0.355 e. The molecule has 2 N–H and O–H groups in total. The Morgan fingerprint density at radius 2 is 1.79 bits per heavy atom. The fourth-order valence-electron chi connectivity index (χ4n) is 2.92. The number of benzene rings is 1. The molecule has 1 aliphatic rings. The third-order valence-electron chi connectivity index (χ3n) is 4.39. The highest BCUT2D eigenvalue weighted by molar-refractivity contribution is 7.93. The van der Waals surface area contributed by atoms with Crippen LogP contribution in [0.15, 0.2) is 52.9 Å². The summed E-state index contributed by atoms with van der Waals surface area (Å²) < 4.78 is 27.1. The molecule has 1 fully saturated rings. The van der Waals surface area contributed by atoms with Crippen molar-refractivity contribution in [1.82, 2.24) is 15.2 Å².